The third kappa shape index (κ3) is 2.12. The minimum atomic E-state index is 0.682. The molecule has 60 valence electrons. The van der Waals surface area contributed by atoms with Crippen LogP contribution in [0.4, 0.5) is 0 Å². The zero-order valence-electron chi connectivity index (χ0n) is 6.73. The summed E-state index contributed by atoms with van der Waals surface area (Å²) in [5.41, 5.74) is 1.12. The highest BCUT2D eigenvalue weighted by Gasteiger charge is 1.97. The predicted octanol–water partition coefficient (Wildman–Crippen LogP) is 3.05. The normalized spacial score (nSPS) is 9.73. The molecule has 1 nitrogen and oxygen atoms in total. The van der Waals surface area contributed by atoms with Crippen molar-refractivity contribution >= 4 is 11.6 Å². The molecule has 11 heavy (non-hydrogen) atoms. The maximum absolute atomic E-state index is 5.77. The fraction of sp³-hybridized carbons (Fsp3) is 0.333. The Kier molecular flexibility index (Phi) is 2.77. The number of hydrogen-bond acceptors (Lipinski definition) is 1. The van der Waals surface area contributed by atoms with Gasteiger partial charge in [-0.1, -0.05) is 17.7 Å². The van der Waals surface area contributed by atoms with Crippen LogP contribution in [0, 0.1) is 6.92 Å². The van der Waals surface area contributed by atoms with E-state index in [2.05, 4.69) is 0 Å². The third-order valence-electron chi connectivity index (χ3n) is 1.45. The first-order valence-electron chi connectivity index (χ1n) is 3.63. The van der Waals surface area contributed by atoms with E-state index in [0.29, 0.717) is 6.61 Å². The number of halogens is 1. The number of benzene rings is 1. The van der Waals surface area contributed by atoms with Gasteiger partial charge in [0.25, 0.3) is 0 Å². The van der Waals surface area contributed by atoms with E-state index in [1.165, 1.54) is 0 Å². The molecule has 0 N–H and O–H groups in total. The Morgan fingerprint density at radius 3 is 2.82 bits per heavy atom. The van der Waals surface area contributed by atoms with Gasteiger partial charge in [-0.3, -0.25) is 0 Å². The molecule has 1 rings (SSSR count). The summed E-state index contributed by atoms with van der Waals surface area (Å²) in [6.07, 6.45) is 0. The van der Waals surface area contributed by atoms with Gasteiger partial charge in [0.05, 0.1) is 6.61 Å². The highest BCUT2D eigenvalue weighted by molar-refractivity contribution is 6.30. The van der Waals surface area contributed by atoms with Crippen LogP contribution in [0.5, 0.6) is 5.75 Å². The zero-order valence-corrected chi connectivity index (χ0v) is 7.48. The topological polar surface area (TPSA) is 9.23 Å². The highest BCUT2D eigenvalue weighted by Crippen LogP contribution is 2.22. The fourth-order valence-corrected chi connectivity index (χ4v) is 1.05. The van der Waals surface area contributed by atoms with E-state index in [4.69, 9.17) is 16.3 Å². The zero-order chi connectivity index (χ0) is 8.27. The Bertz CT molecular complexity index is 245. The third-order valence-corrected chi connectivity index (χ3v) is 1.69. The second-order valence-corrected chi connectivity index (χ2v) is 2.78. The summed E-state index contributed by atoms with van der Waals surface area (Å²) < 4.78 is 5.33. The molecule has 1 aromatic rings. The summed E-state index contributed by atoms with van der Waals surface area (Å²) in [7, 11) is 0. The van der Waals surface area contributed by atoms with Crippen molar-refractivity contribution in [2.24, 2.45) is 0 Å². The summed E-state index contributed by atoms with van der Waals surface area (Å²) in [4.78, 5) is 0. The lowest BCUT2D eigenvalue weighted by atomic mass is 10.2. The van der Waals surface area contributed by atoms with Gasteiger partial charge in [0.2, 0.25) is 0 Å². The van der Waals surface area contributed by atoms with Crippen LogP contribution in [0.15, 0.2) is 18.2 Å². The van der Waals surface area contributed by atoms with Gasteiger partial charge in [-0.05, 0) is 31.5 Å². The van der Waals surface area contributed by atoms with Gasteiger partial charge in [0.15, 0.2) is 0 Å². The predicted molar refractivity (Wildman–Crippen MR) is 47.4 cm³/mol. The molecule has 0 radical (unpaired) electrons. The largest absolute Gasteiger partial charge is 0.494 e. The average molecular weight is 171 g/mol. The van der Waals surface area contributed by atoms with Crippen molar-refractivity contribution in [3.8, 4) is 5.75 Å². The maximum atomic E-state index is 5.77. The molecule has 1 aromatic carbocycles. The van der Waals surface area contributed by atoms with E-state index in [-0.39, 0.29) is 0 Å². The molecule has 0 unspecified atom stereocenters. The SMILES string of the molecule is CCOc1cc(Cl)ccc1C. The average Bonchev–Trinajstić information content (AvgIpc) is 1.98. The van der Waals surface area contributed by atoms with Crippen LogP contribution in [0.1, 0.15) is 12.5 Å². The van der Waals surface area contributed by atoms with Gasteiger partial charge in [-0.25, -0.2) is 0 Å². The van der Waals surface area contributed by atoms with Crippen molar-refractivity contribution in [1.82, 2.24) is 0 Å². The van der Waals surface area contributed by atoms with Crippen molar-refractivity contribution in [2.75, 3.05) is 6.61 Å². The van der Waals surface area contributed by atoms with E-state index in [1.54, 1.807) is 0 Å². The van der Waals surface area contributed by atoms with Gasteiger partial charge in [0.1, 0.15) is 5.75 Å². The molecular weight excluding hydrogens is 160 g/mol. The molecule has 0 heterocycles. The molecular formula is C9H11ClO. The molecule has 0 spiro atoms. The molecule has 0 aliphatic carbocycles. The monoisotopic (exact) mass is 170 g/mol. The van der Waals surface area contributed by atoms with Gasteiger partial charge < -0.3 is 4.74 Å². The van der Waals surface area contributed by atoms with E-state index in [9.17, 15) is 0 Å². The summed E-state index contributed by atoms with van der Waals surface area (Å²) in [5.74, 6) is 0.875. The number of rotatable bonds is 2. The number of ether oxygens (including phenoxy) is 1. The number of hydrogen-bond donors (Lipinski definition) is 0. The van der Waals surface area contributed by atoms with E-state index in [0.717, 1.165) is 16.3 Å². The van der Waals surface area contributed by atoms with Crippen LogP contribution >= 0.6 is 11.6 Å². The first-order chi connectivity index (χ1) is 5.24. The summed E-state index contributed by atoms with van der Waals surface area (Å²) in [6, 6.07) is 5.65. The first-order valence-corrected chi connectivity index (χ1v) is 4.00. The molecule has 0 fully saturated rings. The van der Waals surface area contributed by atoms with Crippen molar-refractivity contribution < 1.29 is 4.74 Å². The molecule has 0 aliphatic heterocycles. The molecule has 0 bridgehead atoms. The van der Waals surface area contributed by atoms with Crippen molar-refractivity contribution in [2.45, 2.75) is 13.8 Å². The van der Waals surface area contributed by atoms with Crippen molar-refractivity contribution in [1.29, 1.82) is 0 Å². The van der Waals surface area contributed by atoms with Gasteiger partial charge in [-0.15, -0.1) is 0 Å². The molecule has 2 heteroatoms. The highest BCUT2D eigenvalue weighted by atomic mass is 35.5. The van der Waals surface area contributed by atoms with Gasteiger partial charge in [0, 0.05) is 5.02 Å². The Hall–Kier alpha value is -0.690. The summed E-state index contributed by atoms with van der Waals surface area (Å²) in [5, 5.41) is 0.721. The molecule has 0 atom stereocenters. The van der Waals surface area contributed by atoms with Gasteiger partial charge in [-0.2, -0.15) is 0 Å². The number of aryl methyl sites for hydroxylation is 1. The fourth-order valence-electron chi connectivity index (χ4n) is 0.885. The molecule has 0 saturated carbocycles. The lowest BCUT2D eigenvalue weighted by molar-refractivity contribution is 0.338. The Labute approximate surface area is 71.9 Å². The summed E-state index contributed by atoms with van der Waals surface area (Å²) in [6.45, 7) is 4.64. The second-order valence-electron chi connectivity index (χ2n) is 2.34. The summed E-state index contributed by atoms with van der Waals surface area (Å²) >= 11 is 5.77. The smallest absolute Gasteiger partial charge is 0.123 e. The quantitative estimate of drug-likeness (QED) is 0.663. The molecule has 0 amide bonds. The van der Waals surface area contributed by atoms with E-state index < -0.39 is 0 Å². The van der Waals surface area contributed by atoms with E-state index in [1.807, 2.05) is 32.0 Å². The van der Waals surface area contributed by atoms with Crippen LogP contribution in [0.2, 0.25) is 5.02 Å². The van der Waals surface area contributed by atoms with Crippen LogP contribution in [-0.2, 0) is 0 Å². The standard InChI is InChI=1S/C9H11ClO/c1-3-11-9-6-8(10)5-4-7(9)2/h4-6H,3H2,1-2H3. The molecule has 0 aromatic heterocycles. The lowest BCUT2D eigenvalue weighted by Crippen LogP contribution is -1.93. The minimum absolute atomic E-state index is 0.682. The van der Waals surface area contributed by atoms with Crippen LogP contribution in [-0.4, -0.2) is 6.61 Å². The first kappa shape index (κ1) is 8.41. The van der Waals surface area contributed by atoms with Crippen molar-refractivity contribution in [3.63, 3.8) is 0 Å². The Morgan fingerprint density at radius 1 is 1.45 bits per heavy atom. The van der Waals surface area contributed by atoms with Crippen LogP contribution < -0.4 is 4.74 Å². The molecule has 0 saturated heterocycles. The van der Waals surface area contributed by atoms with Crippen molar-refractivity contribution in [3.05, 3.63) is 28.8 Å². The lowest BCUT2D eigenvalue weighted by Gasteiger charge is -2.05. The second kappa shape index (κ2) is 3.63. The van der Waals surface area contributed by atoms with Crippen LogP contribution in [0.25, 0.3) is 0 Å². The van der Waals surface area contributed by atoms with Crippen LogP contribution in [0.3, 0.4) is 0 Å². The van der Waals surface area contributed by atoms with Gasteiger partial charge >= 0.3 is 0 Å². The molecule has 0 aliphatic rings. The Balaban J connectivity index is 2.93. The minimum Gasteiger partial charge on any atom is -0.494 e. The maximum Gasteiger partial charge on any atom is 0.123 e. The Morgan fingerprint density at radius 2 is 2.18 bits per heavy atom. The van der Waals surface area contributed by atoms with E-state index >= 15 is 0 Å².